The smallest absolute Gasteiger partial charge is 0.234 e. The number of aromatic nitrogens is 3. The van der Waals surface area contributed by atoms with Crippen LogP contribution in [0.1, 0.15) is 70.3 Å². The summed E-state index contributed by atoms with van der Waals surface area (Å²) in [7, 11) is 5.02. The highest BCUT2D eigenvalue weighted by Crippen LogP contribution is 2.38. The van der Waals surface area contributed by atoms with Crippen molar-refractivity contribution in [2.75, 3.05) is 27.0 Å². The molecule has 2 saturated carbocycles. The van der Waals surface area contributed by atoms with Gasteiger partial charge in [0.15, 0.2) is 22.5 Å². The number of ether oxygens (including phenoxy) is 2. The number of carbonyl (C=O) groups is 1. The van der Waals surface area contributed by atoms with Crippen LogP contribution in [-0.2, 0) is 4.79 Å². The van der Waals surface area contributed by atoms with Crippen molar-refractivity contribution in [1.82, 2.24) is 19.7 Å². The standard InChI is InChI=1S/C26H35N5O3S/c1-30(26(18-27)14-8-5-9-15-26)23(32)17-35-25-29-28-24(31(25)20-10-6-4-7-11-20)19-12-13-21(33-2)22(16-19)34-3/h12-13,16,20H,4-11,14-15,17H2,1-3H3. The molecule has 2 fully saturated rings. The predicted molar refractivity (Wildman–Crippen MR) is 136 cm³/mol. The first-order valence-electron chi connectivity index (χ1n) is 12.5. The zero-order valence-corrected chi connectivity index (χ0v) is 21.8. The summed E-state index contributed by atoms with van der Waals surface area (Å²) >= 11 is 1.42. The van der Waals surface area contributed by atoms with Gasteiger partial charge in [0, 0.05) is 18.7 Å². The molecular weight excluding hydrogens is 462 g/mol. The van der Waals surface area contributed by atoms with Crippen molar-refractivity contribution in [3.63, 3.8) is 0 Å². The molecule has 1 aromatic heterocycles. The minimum atomic E-state index is -0.683. The minimum Gasteiger partial charge on any atom is -0.493 e. The summed E-state index contributed by atoms with van der Waals surface area (Å²) in [5.74, 6) is 2.28. The van der Waals surface area contributed by atoms with Gasteiger partial charge in [0.2, 0.25) is 5.91 Å². The largest absolute Gasteiger partial charge is 0.493 e. The van der Waals surface area contributed by atoms with E-state index in [4.69, 9.17) is 9.47 Å². The number of amides is 1. The molecule has 0 N–H and O–H groups in total. The molecule has 1 aromatic carbocycles. The lowest BCUT2D eigenvalue weighted by Crippen LogP contribution is -2.50. The maximum Gasteiger partial charge on any atom is 0.234 e. The van der Waals surface area contributed by atoms with E-state index < -0.39 is 5.54 Å². The highest BCUT2D eigenvalue weighted by molar-refractivity contribution is 7.99. The Kier molecular flexibility index (Phi) is 8.22. The molecule has 0 aliphatic heterocycles. The van der Waals surface area contributed by atoms with Gasteiger partial charge >= 0.3 is 0 Å². The number of nitriles is 1. The molecule has 188 valence electrons. The van der Waals surface area contributed by atoms with Crippen molar-refractivity contribution < 1.29 is 14.3 Å². The van der Waals surface area contributed by atoms with Gasteiger partial charge in [-0.2, -0.15) is 5.26 Å². The van der Waals surface area contributed by atoms with E-state index in [1.807, 2.05) is 18.2 Å². The van der Waals surface area contributed by atoms with Crippen LogP contribution in [0, 0.1) is 11.3 Å². The molecule has 4 rings (SSSR count). The number of carbonyl (C=O) groups excluding carboxylic acids is 1. The Morgan fingerprint density at radius 2 is 1.80 bits per heavy atom. The van der Waals surface area contributed by atoms with Crippen LogP contribution in [0.3, 0.4) is 0 Å². The normalized spacial score (nSPS) is 18.0. The number of rotatable bonds is 8. The Balaban J connectivity index is 1.59. The first-order chi connectivity index (χ1) is 17.0. The highest BCUT2D eigenvalue weighted by Gasteiger charge is 2.39. The van der Waals surface area contributed by atoms with Crippen molar-refractivity contribution in [1.29, 1.82) is 5.26 Å². The average molecular weight is 498 g/mol. The fraction of sp³-hybridized carbons (Fsp3) is 0.615. The quantitative estimate of drug-likeness (QED) is 0.460. The van der Waals surface area contributed by atoms with Gasteiger partial charge in [-0.25, -0.2) is 0 Å². The predicted octanol–water partition coefficient (Wildman–Crippen LogP) is 5.24. The van der Waals surface area contributed by atoms with Crippen molar-refractivity contribution in [2.45, 2.75) is 80.9 Å². The first kappa shape index (κ1) is 25.4. The lowest BCUT2D eigenvalue weighted by Gasteiger charge is -2.39. The Morgan fingerprint density at radius 1 is 1.11 bits per heavy atom. The third kappa shape index (κ3) is 5.27. The van der Waals surface area contributed by atoms with Gasteiger partial charge in [0.25, 0.3) is 0 Å². The molecule has 1 heterocycles. The van der Waals surface area contributed by atoms with Crippen LogP contribution in [0.5, 0.6) is 11.5 Å². The van der Waals surface area contributed by atoms with Crippen molar-refractivity contribution in [2.24, 2.45) is 0 Å². The molecule has 8 nitrogen and oxygen atoms in total. The zero-order valence-electron chi connectivity index (χ0n) is 21.0. The topological polar surface area (TPSA) is 93.3 Å². The third-order valence-electron chi connectivity index (χ3n) is 7.48. The van der Waals surface area contributed by atoms with E-state index in [9.17, 15) is 10.1 Å². The minimum absolute atomic E-state index is 0.0377. The summed E-state index contributed by atoms with van der Waals surface area (Å²) in [4.78, 5) is 14.8. The number of thioether (sulfide) groups is 1. The van der Waals surface area contributed by atoms with Gasteiger partial charge in [-0.3, -0.25) is 9.36 Å². The molecular formula is C26H35N5O3S. The fourth-order valence-corrected chi connectivity index (χ4v) is 6.26. The number of nitrogens with zero attached hydrogens (tertiary/aromatic N) is 5. The van der Waals surface area contributed by atoms with E-state index in [1.54, 1.807) is 26.2 Å². The van der Waals surface area contributed by atoms with Gasteiger partial charge in [-0.05, 0) is 43.9 Å². The van der Waals surface area contributed by atoms with Gasteiger partial charge in [0.05, 0.1) is 26.0 Å². The van der Waals surface area contributed by atoms with Crippen LogP contribution in [-0.4, -0.2) is 58.1 Å². The number of benzene rings is 1. The van der Waals surface area contributed by atoms with Crippen molar-refractivity contribution in [3.05, 3.63) is 18.2 Å². The molecule has 0 radical (unpaired) electrons. The van der Waals surface area contributed by atoms with E-state index in [1.165, 1.54) is 31.0 Å². The van der Waals surface area contributed by atoms with E-state index in [0.717, 1.165) is 61.5 Å². The van der Waals surface area contributed by atoms with E-state index in [0.29, 0.717) is 17.5 Å². The van der Waals surface area contributed by atoms with Crippen molar-refractivity contribution >= 4 is 17.7 Å². The van der Waals surface area contributed by atoms with E-state index in [-0.39, 0.29) is 11.7 Å². The van der Waals surface area contributed by atoms with Crippen LogP contribution in [0.4, 0.5) is 0 Å². The maximum absolute atomic E-state index is 13.2. The number of methoxy groups -OCH3 is 2. The first-order valence-corrected chi connectivity index (χ1v) is 13.5. The summed E-state index contributed by atoms with van der Waals surface area (Å²) < 4.78 is 13.1. The molecule has 2 aromatic rings. The zero-order chi connectivity index (χ0) is 24.8. The summed E-state index contributed by atoms with van der Waals surface area (Å²) in [5, 5.41) is 19.7. The number of hydrogen-bond acceptors (Lipinski definition) is 7. The molecule has 0 unspecified atom stereocenters. The second-order valence-corrected chi connectivity index (χ2v) is 10.4. The Morgan fingerprint density at radius 3 is 2.46 bits per heavy atom. The Hall–Kier alpha value is -2.73. The van der Waals surface area contributed by atoms with Gasteiger partial charge < -0.3 is 14.4 Å². The monoisotopic (exact) mass is 497 g/mol. The molecule has 1 amide bonds. The Bertz CT molecular complexity index is 1070. The molecule has 2 aliphatic carbocycles. The molecule has 0 bridgehead atoms. The number of hydrogen-bond donors (Lipinski definition) is 0. The van der Waals surface area contributed by atoms with Crippen LogP contribution in [0.15, 0.2) is 23.4 Å². The molecule has 0 spiro atoms. The van der Waals surface area contributed by atoms with Crippen molar-refractivity contribution in [3.8, 4) is 29.0 Å². The van der Waals surface area contributed by atoms with Gasteiger partial charge in [-0.15, -0.1) is 10.2 Å². The van der Waals surface area contributed by atoms with Crippen LogP contribution >= 0.6 is 11.8 Å². The van der Waals surface area contributed by atoms with E-state index in [2.05, 4.69) is 20.8 Å². The summed E-state index contributed by atoms with van der Waals surface area (Å²) in [5.41, 5.74) is 0.222. The molecule has 0 saturated heterocycles. The third-order valence-corrected chi connectivity index (χ3v) is 8.40. The second kappa shape index (κ2) is 11.3. The van der Waals surface area contributed by atoms with Crippen LogP contribution in [0.25, 0.3) is 11.4 Å². The van der Waals surface area contributed by atoms with Gasteiger partial charge in [-0.1, -0.05) is 50.3 Å². The summed E-state index contributed by atoms with van der Waals surface area (Å²) in [6, 6.07) is 8.51. The Labute approximate surface area is 212 Å². The molecule has 0 atom stereocenters. The molecule has 2 aliphatic rings. The summed E-state index contributed by atoms with van der Waals surface area (Å²) in [6.07, 6.45) is 10.3. The average Bonchev–Trinajstić information content (AvgIpc) is 3.35. The van der Waals surface area contributed by atoms with Crippen LogP contribution in [0.2, 0.25) is 0 Å². The molecule has 9 heteroatoms. The van der Waals surface area contributed by atoms with Crippen LogP contribution < -0.4 is 9.47 Å². The fourth-order valence-electron chi connectivity index (χ4n) is 5.34. The van der Waals surface area contributed by atoms with E-state index >= 15 is 0 Å². The summed E-state index contributed by atoms with van der Waals surface area (Å²) in [6.45, 7) is 0. The SMILES string of the molecule is COc1ccc(-c2nnc(SCC(=O)N(C)C3(C#N)CCCCC3)n2C2CCCCC2)cc1OC. The molecule has 35 heavy (non-hydrogen) atoms. The second-order valence-electron chi connectivity index (χ2n) is 9.48. The van der Waals surface area contributed by atoms with Gasteiger partial charge in [0.1, 0.15) is 5.54 Å². The highest BCUT2D eigenvalue weighted by atomic mass is 32.2. The lowest BCUT2D eigenvalue weighted by atomic mass is 9.81. The maximum atomic E-state index is 13.2. The lowest BCUT2D eigenvalue weighted by molar-refractivity contribution is -0.131.